The first kappa shape index (κ1) is 18.7. The summed E-state index contributed by atoms with van der Waals surface area (Å²) in [5.74, 6) is 1.88. The molecule has 0 saturated carbocycles. The predicted octanol–water partition coefficient (Wildman–Crippen LogP) is 6.70. The Labute approximate surface area is 183 Å². The lowest BCUT2D eigenvalue weighted by Gasteiger charge is -2.17. The molecule has 3 heterocycles. The predicted molar refractivity (Wildman–Crippen MR) is 118 cm³/mol. The quantitative estimate of drug-likeness (QED) is 0.353. The number of imidazole rings is 2. The van der Waals surface area contributed by atoms with Crippen molar-refractivity contribution in [1.29, 1.82) is 0 Å². The molecular weight excluding hydrogens is 427 g/mol. The Kier molecular flexibility index (Phi) is 4.86. The topological polar surface area (TPSA) is 35.6 Å². The lowest BCUT2D eigenvalue weighted by Crippen LogP contribution is -2.12. The van der Waals surface area contributed by atoms with Crippen molar-refractivity contribution < 1.29 is 0 Å². The molecule has 29 heavy (non-hydrogen) atoms. The first-order valence-corrected chi connectivity index (χ1v) is 10.6. The van der Waals surface area contributed by atoms with Gasteiger partial charge in [-0.05, 0) is 55.3 Å². The summed E-state index contributed by atoms with van der Waals surface area (Å²) in [4.78, 5) is 9.67. The van der Waals surface area contributed by atoms with Gasteiger partial charge in [0, 0.05) is 46.7 Å². The van der Waals surface area contributed by atoms with Gasteiger partial charge in [-0.1, -0.05) is 34.8 Å². The van der Waals surface area contributed by atoms with Crippen molar-refractivity contribution in [3.63, 3.8) is 0 Å². The largest absolute Gasteiger partial charge is 0.325 e. The van der Waals surface area contributed by atoms with Gasteiger partial charge in [0.25, 0.3) is 0 Å². The van der Waals surface area contributed by atoms with Crippen molar-refractivity contribution in [2.75, 3.05) is 0 Å². The van der Waals surface area contributed by atoms with Gasteiger partial charge in [0.2, 0.25) is 0 Å². The van der Waals surface area contributed by atoms with Crippen LogP contribution in [0.3, 0.4) is 0 Å². The molecule has 0 radical (unpaired) electrons. The molecule has 0 saturated heterocycles. The van der Waals surface area contributed by atoms with E-state index in [-0.39, 0.29) is 0 Å². The van der Waals surface area contributed by atoms with E-state index in [1.54, 1.807) is 12.3 Å². The SMILES string of the molecule is Clc1ccc(-n2ccnc2-c2c(-c3cc(Cl)ccc3Cl)nc3n2CCCC3)cc1. The fourth-order valence-corrected chi connectivity index (χ4v) is 4.37. The average molecular weight is 444 g/mol. The Hall–Kier alpha value is -2.27. The summed E-state index contributed by atoms with van der Waals surface area (Å²) in [7, 11) is 0. The first-order chi connectivity index (χ1) is 14.1. The van der Waals surface area contributed by atoms with Crippen LogP contribution < -0.4 is 0 Å². The highest BCUT2D eigenvalue weighted by Crippen LogP contribution is 2.39. The smallest absolute Gasteiger partial charge is 0.163 e. The molecule has 0 fully saturated rings. The molecule has 5 rings (SSSR count). The zero-order valence-corrected chi connectivity index (χ0v) is 17.7. The Bertz CT molecular complexity index is 1190. The molecule has 4 nitrogen and oxygen atoms in total. The molecule has 146 valence electrons. The molecule has 0 aliphatic carbocycles. The second-order valence-corrected chi connectivity index (χ2v) is 8.34. The van der Waals surface area contributed by atoms with E-state index < -0.39 is 0 Å². The number of nitrogens with zero attached hydrogens (tertiary/aromatic N) is 4. The highest BCUT2D eigenvalue weighted by Gasteiger charge is 2.26. The highest BCUT2D eigenvalue weighted by molar-refractivity contribution is 6.35. The minimum atomic E-state index is 0.621. The van der Waals surface area contributed by atoms with Crippen LogP contribution in [0.2, 0.25) is 15.1 Å². The summed E-state index contributed by atoms with van der Waals surface area (Å²) in [5, 5.41) is 1.95. The van der Waals surface area contributed by atoms with Crippen molar-refractivity contribution in [3.8, 4) is 28.5 Å². The van der Waals surface area contributed by atoms with Gasteiger partial charge in [-0.3, -0.25) is 4.57 Å². The minimum absolute atomic E-state index is 0.621. The molecule has 0 bridgehead atoms. The van der Waals surface area contributed by atoms with Gasteiger partial charge in [-0.15, -0.1) is 0 Å². The van der Waals surface area contributed by atoms with Crippen molar-refractivity contribution >= 4 is 34.8 Å². The number of benzene rings is 2. The standard InChI is InChI=1S/C22H17Cl3N4/c23-14-4-7-16(8-5-14)28-12-10-26-22(28)21-20(17-13-15(24)6-9-18(17)25)27-19-3-1-2-11-29(19)21/h4-10,12-13H,1-3,11H2. The number of hydrogen-bond acceptors (Lipinski definition) is 2. The Morgan fingerprint density at radius 2 is 1.69 bits per heavy atom. The summed E-state index contributed by atoms with van der Waals surface area (Å²) in [6.07, 6.45) is 6.93. The maximum Gasteiger partial charge on any atom is 0.163 e. The molecule has 0 amide bonds. The number of fused-ring (bicyclic) bond motifs is 1. The maximum atomic E-state index is 6.55. The fraction of sp³-hybridized carbons (Fsp3) is 0.182. The van der Waals surface area contributed by atoms with Gasteiger partial charge in [0.05, 0.1) is 5.02 Å². The molecule has 0 atom stereocenters. The van der Waals surface area contributed by atoms with E-state index >= 15 is 0 Å². The Balaban J connectivity index is 1.76. The molecular formula is C22H17Cl3N4. The number of halogens is 3. The van der Waals surface area contributed by atoms with Crippen LogP contribution in [-0.4, -0.2) is 19.1 Å². The van der Waals surface area contributed by atoms with Crippen molar-refractivity contribution in [2.45, 2.75) is 25.8 Å². The lowest BCUT2D eigenvalue weighted by molar-refractivity contribution is 0.524. The number of hydrogen-bond donors (Lipinski definition) is 0. The van der Waals surface area contributed by atoms with E-state index in [9.17, 15) is 0 Å². The molecule has 0 spiro atoms. The van der Waals surface area contributed by atoms with Gasteiger partial charge in [0.1, 0.15) is 17.2 Å². The minimum Gasteiger partial charge on any atom is -0.325 e. The van der Waals surface area contributed by atoms with E-state index in [0.29, 0.717) is 15.1 Å². The third-order valence-corrected chi connectivity index (χ3v) is 6.04. The summed E-state index contributed by atoms with van der Waals surface area (Å²) >= 11 is 18.9. The van der Waals surface area contributed by atoms with Crippen LogP contribution in [-0.2, 0) is 13.0 Å². The number of aryl methyl sites for hydroxylation is 1. The molecule has 0 unspecified atom stereocenters. The second-order valence-electron chi connectivity index (χ2n) is 7.06. The Morgan fingerprint density at radius 3 is 2.52 bits per heavy atom. The van der Waals surface area contributed by atoms with E-state index in [2.05, 4.69) is 9.13 Å². The van der Waals surface area contributed by atoms with Gasteiger partial charge in [-0.25, -0.2) is 9.97 Å². The van der Waals surface area contributed by atoms with Crippen LogP contribution in [0.25, 0.3) is 28.5 Å². The van der Waals surface area contributed by atoms with E-state index in [1.807, 2.05) is 42.6 Å². The second kappa shape index (κ2) is 7.52. The summed E-state index contributed by atoms with van der Waals surface area (Å²) in [6, 6.07) is 13.2. The van der Waals surface area contributed by atoms with E-state index in [0.717, 1.165) is 60.1 Å². The van der Waals surface area contributed by atoms with Crippen LogP contribution in [0.5, 0.6) is 0 Å². The zero-order valence-electron chi connectivity index (χ0n) is 15.4. The summed E-state index contributed by atoms with van der Waals surface area (Å²) < 4.78 is 4.32. The van der Waals surface area contributed by atoms with Gasteiger partial charge in [-0.2, -0.15) is 0 Å². The molecule has 2 aromatic heterocycles. The molecule has 1 aliphatic heterocycles. The molecule has 2 aromatic carbocycles. The molecule has 1 aliphatic rings. The van der Waals surface area contributed by atoms with E-state index in [4.69, 9.17) is 44.8 Å². The fourth-order valence-electron chi connectivity index (χ4n) is 3.87. The first-order valence-electron chi connectivity index (χ1n) is 9.46. The summed E-state index contributed by atoms with van der Waals surface area (Å²) in [5.41, 5.74) is 3.58. The van der Waals surface area contributed by atoms with Crippen LogP contribution in [0.1, 0.15) is 18.7 Å². The third-order valence-electron chi connectivity index (χ3n) is 5.22. The zero-order chi connectivity index (χ0) is 20.0. The maximum absolute atomic E-state index is 6.55. The van der Waals surface area contributed by atoms with E-state index in [1.165, 1.54) is 0 Å². The van der Waals surface area contributed by atoms with Gasteiger partial charge in [0.15, 0.2) is 5.82 Å². The number of rotatable bonds is 3. The highest BCUT2D eigenvalue weighted by atomic mass is 35.5. The van der Waals surface area contributed by atoms with Crippen LogP contribution in [0, 0.1) is 0 Å². The van der Waals surface area contributed by atoms with Crippen molar-refractivity contribution in [2.24, 2.45) is 0 Å². The van der Waals surface area contributed by atoms with Crippen molar-refractivity contribution in [1.82, 2.24) is 19.1 Å². The molecule has 0 N–H and O–H groups in total. The van der Waals surface area contributed by atoms with Gasteiger partial charge >= 0.3 is 0 Å². The van der Waals surface area contributed by atoms with Crippen LogP contribution in [0.15, 0.2) is 54.9 Å². The third kappa shape index (κ3) is 3.35. The average Bonchev–Trinajstić information content (AvgIpc) is 3.34. The van der Waals surface area contributed by atoms with Crippen LogP contribution in [0.4, 0.5) is 0 Å². The molecule has 7 heteroatoms. The molecule has 4 aromatic rings. The normalized spacial score (nSPS) is 13.5. The lowest BCUT2D eigenvalue weighted by atomic mass is 10.1. The number of aromatic nitrogens is 4. The van der Waals surface area contributed by atoms with Crippen LogP contribution >= 0.6 is 34.8 Å². The summed E-state index contributed by atoms with van der Waals surface area (Å²) in [6.45, 7) is 0.906. The monoisotopic (exact) mass is 442 g/mol. The van der Waals surface area contributed by atoms with Gasteiger partial charge < -0.3 is 4.57 Å². The van der Waals surface area contributed by atoms with Crippen molar-refractivity contribution in [3.05, 3.63) is 75.8 Å². The Morgan fingerprint density at radius 1 is 0.897 bits per heavy atom.